The van der Waals surface area contributed by atoms with Crippen molar-refractivity contribution in [3.05, 3.63) is 36.7 Å². The first kappa shape index (κ1) is 7.42. The van der Waals surface area contributed by atoms with E-state index in [0.29, 0.717) is 5.82 Å². The van der Waals surface area contributed by atoms with Crippen LogP contribution in [0.15, 0.2) is 36.7 Å². The van der Waals surface area contributed by atoms with Gasteiger partial charge in [0.1, 0.15) is 5.82 Å². The zero-order chi connectivity index (χ0) is 8.77. The van der Waals surface area contributed by atoms with Crippen LogP contribution in [0, 0.1) is 0 Å². The van der Waals surface area contributed by atoms with Gasteiger partial charge in [0.2, 0.25) is 0 Å². The van der Waals surface area contributed by atoms with Gasteiger partial charge in [-0.1, -0.05) is 18.2 Å². The molecule has 5 heteroatoms. The van der Waals surface area contributed by atoms with Crippen LogP contribution in [-0.4, -0.2) is 18.8 Å². The van der Waals surface area contributed by atoms with Gasteiger partial charge in [0, 0.05) is 0 Å². The van der Waals surface area contributed by atoms with Gasteiger partial charge in [-0.3, -0.25) is 4.72 Å². The monoisotopic (exact) mass is 184 g/mol. The molecule has 1 unspecified atom stereocenters. The molecule has 0 aromatic rings. The van der Waals surface area contributed by atoms with Crippen molar-refractivity contribution in [1.82, 2.24) is 9.03 Å². The molecule has 0 aromatic carbocycles. The standard InChI is InChI=1S/C7H8N2O2S/c1-2-6-4-3-5-7-8-12(10,11)9(6)7/h2-6,8H,1H2. The van der Waals surface area contributed by atoms with E-state index in [1.807, 2.05) is 0 Å². The van der Waals surface area contributed by atoms with Crippen LogP contribution in [0.4, 0.5) is 0 Å². The second-order valence-electron chi connectivity index (χ2n) is 2.57. The number of hydrogen-bond acceptors (Lipinski definition) is 2. The molecule has 2 rings (SSSR count). The third-order valence-corrected chi connectivity index (χ3v) is 3.23. The Balaban J connectivity index is 2.41. The third kappa shape index (κ3) is 0.797. The first-order valence-corrected chi connectivity index (χ1v) is 4.92. The quantitative estimate of drug-likeness (QED) is 0.588. The third-order valence-electron chi connectivity index (χ3n) is 1.80. The number of hydrogen-bond donors (Lipinski definition) is 1. The topological polar surface area (TPSA) is 49.4 Å². The average Bonchev–Trinajstić information content (AvgIpc) is 2.02. The summed E-state index contributed by atoms with van der Waals surface area (Å²) >= 11 is 0. The Morgan fingerprint density at radius 2 is 2.42 bits per heavy atom. The van der Waals surface area contributed by atoms with Gasteiger partial charge in [0.05, 0.1) is 6.04 Å². The summed E-state index contributed by atoms with van der Waals surface area (Å²) in [7, 11) is -3.25. The number of fused-ring (bicyclic) bond motifs is 1. The van der Waals surface area contributed by atoms with Crippen molar-refractivity contribution in [3.63, 3.8) is 0 Å². The second kappa shape index (κ2) is 2.13. The molecule has 0 aromatic heterocycles. The Bertz CT molecular complexity index is 380. The van der Waals surface area contributed by atoms with Gasteiger partial charge in [-0.2, -0.15) is 8.42 Å². The van der Waals surface area contributed by atoms with Crippen LogP contribution in [-0.2, 0) is 10.2 Å². The Labute approximate surface area is 71.1 Å². The van der Waals surface area contributed by atoms with Gasteiger partial charge >= 0.3 is 10.2 Å². The highest BCUT2D eigenvalue weighted by Gasteiger charge is 2.40. The van der Waals surface area contributed by atoms with Gasteiger partial charge in [-0.15, -0.1) is 6.58 Å². The first-order valence-electron chi connectivity index (χ1n) is 3.48. The summed E-state index contributed by atoms with van der Waals surface area (Å²) in [6.45, 7) is 3.56. The molecule has 64 valence electrons. The average molecular weight is 184 g/mol. The molecule has 1 saturated heterocycles. The largest absolute Gasteiger partial charge is 0.327 e. The van der Waals surface area contributed by atoms with E-state index in [1.165, 1.54) is 4.31 Å². The Morgan fingerprint density at radius 3 is 2.92 bits per heavy atom. The molecule has 4 nitrogen and oxygen atoms in total. The van der Waals surface area contributed by atoms with Crippen molar-refractivity contribution in [1.29, 1.82) is 0 Å². The second-order valence-corrected chi connectivity index (χ2v) is 4.11. The normalized spacial score (nSPS) is 29.5. The molecule has 1 N–H and O–H groups in total. The minimum Gasteiger partial charge on any atom is -0.251 e. The highest BCUT2D eigenvalue weighted by atomic mass is 32.2. The summed E-state index contributed by atoms with van der Waals surface area (Å²) < 4.78 is 25.9. The zero-order valence-corrected chi connectivity index (χ0v) is 7.08. The van der Waals surface area contributed by atoms with E-state index in [4.69, 9.17) is 0 Å². The van der Waals surface area contributed by atoms with Gasteiger partial charge in [-0.25, -0.2) is 4.31 Å². The molecule has 2 heterocycles. The van der Waals surface area contributed by atoms with Crippen molar-refractivity contribution >= 4 is 10.2 Å². The Morgan fingerprint density at radius 1 is 1.67 bits per heavy atom. The molecular formula is C7H8N2O2S. The number of nitrogens with one attached hydrogen (secondary N) is 1. The van der Waals surface area contributed by atoms with E-state index in [-0.39, 0.29) is 6.04 Å². The van der Waals surface area contributed by atoms with Crippen LogP contribution in [0.5, 0.6) is 0 Å². The zero-order valence-electron chi connectivity index (χ0n) is 6.27. The van der Waals surface area contributed by atoms with Crippen molar-refractivity contribution in [3.8, 4) is 0 Å². The lowest BCUT2D eigenvalue weighted by Crippen LogP contribution is -2.58. The van der Waals surface area contributed by atoms with E-state index >= 15 is 0 Å². The fourth-order valence-electron chi connectivity index (χ4n) is 1.26. The van der Waals surface area contributed by atoms with Crippen LogP contribution < -0.4 is 4.72 Å². The van der Waals surface area contributed by atoms with E-state index in [1.54, 1.807) is 24.3 Å². The highest BCUT2D eigenvalue weighted by Crippen LogP contribution is 2.26. The fourth-order valence-corrected chi connectivity index (χ4v) is 2.50. The highest BCUT2D eigenvalue weighted by molar-refractivity contribution is 7.88. The molecule has 12 heavy (non-hydrogen) atoms. The summed E-state index contributed by atoms with van der Waals surface area (Å²) in [6, 6.07) is -0.240. The molecule has 1 fully saturated rings. The minimum atomic E-state index is -3.25. The van der Waals surface area contributed by atoms with Gasteiger partial charge in [-0.05, 0) is 6.08 Å². The molecule has 2 aliphatic rings. The van der Waals surface area contributed by atoms with Crippen molar-refractivity contribution in [2.75, 3.05) is 0 Å². The molecule has 1 atom stereocenters. The lowest BCUT2D eigenvalue weighted by molar-refractivity contribution is 0.393. The summed E-state index contributed by atoms with van der Waals surface area (Å²) in [4.78, 5) is 0. The minimum absolute atomic E-state index is 0.240. The smallest absolute Gasteiger partial charge is 0.251 e. The predicted molar refractivity (Wildman–Crippen MR) is 45.1 cm³/mol. The molecule has 2 aliphatic heterocycles. The lowest BCUT2D eigenvalue weighted by Gasteiger charge is -2.40. The van der Waals surface area contributed by atoms with E-state index in [0.717, 1.165) is 0 Å². The molecule has 0 aliphatic carbocycles. The van der Waals surface area contributed by atoms with Gasteiger partial charge < -0.3 is 0 Å². The van der Waals surface area contributed by atoms with Crippen LogP contribution >= 0.6 is 0 Å². The molecule has 0 spiro atoms. The first-order chi connectivity index (χ1) is 5.65. The number of rotatable bonds is 1. The van der Waals surface area contributed by atoms with Crippen LogP contribution in [0.25, 0.3) is 0 Å². The molecular weight excluding hydrogens is 176 g/mol. The van der Waals surface area contributed by atoms with Crippen LogP contribution in [0.3, 0.4) is 0 Å². The summed E-state index contributed by atoms with van der Waals surface area (Å²) in [6.07, 6.45) is 6.87. The molecule has 0 radical (unpaired) electrons. The maximum absolute atomic E-state index is 11.1. The predicted octanol–water partition coefficient (Wildman–Crippen LogP) is 0.102. The van der Waals surface area contributed by atoms with Crippen molar-refractivity contribution < 1.29 is 8.42 Å². The van der Waals surface area contributed by atoms with Crippen molar-refractivity contribution in [2.24, 2.45) is 0 Å². The van der Waals surface area contributed by atoms with Crippen molar-refractivity contribution in [2.45, 2.75) is 6.04 Å². The number of allylic oxidation sites excluding steroid dienone is 2. The summed E-state index contributed by atoms with van der Waals surface area (Å²) in [5.74, 6) is 0.613. The lowest BCUT2D eigenvalue weighted by atomic mass is 10.2. The maximum atomic E-state index is 11.1. The number of nitrogens with zero attached hydrogens (tertiary/aromatic N) is 1. The van der Waals surface area contributed by atoms with Gasteiger partial charge in [0.15, 0.2) is 0 Å². The van der Waals surface area contributed by atoms with E-state index in [2.05, 4.69) is 11.3 Å². The van der Waals surface area contributed by atoms with Crippen LogP contribution in [0.2, 0.25) is 0 Å². The summed E-state index contributed by atoms with van der Waals surface area (Å²) in [5, 5.41) is 0. The Hall–Kier alpha value is -1.23. The van der Waals surface area contributed by atoms with Gasteiger partial charge in [0.25, 0.3) is 0 Å². The van der Waals surface area contributed by atoms with Crippen LogP contribution in [0.1, 0.15) is 0 Å². The summed E-state index contributed by atoms with van der Waals surface area (Å²) in [5.41, 5.74) is 0. The molecule has 0 amide bonds. The maximum Gasteiger partial charge on any atom is 0.327 e. The SMILES string of the molecule is C=CC1C=CC=C2NS(=O)(=O)N21. The molecule has 0 saturated carbocycles. The van der Waals surface area contributed by atoms with E-state index < -0.39 is 10.2 Å². The fraction of sp³-hybridized carbons (Fsp3) is 0.143. The Kier molecular flexibility index (Phi) is 1.32. The van der Waals surface area contributed by atoms with E-state index in [9.17, 15) is 8.42 Å². The molecule has 0 bridgehead atoms.